The second-order valence-electron chi connectivity index (χ2n) is 6.82. The monoisotopic (exact) mass is 437 g/mol. The molecule has 0 aliphatic rings. The Morgan fingerprint density at radius 2 is 2.10 bits per heavy atom. The minimum Gasteiger partial charge on any atom is -0.493 e. The van der Waals surface area contributed by atoms with Gasteiger partial charge in [0.2, 0.25) is 5.91 Å². The number of carbonyl (C=O) groups is 1. The van der Waals surface area contributed by atoms with Crippen LogP contribution in [0.15, 0.2) is 36.4 Å². The number of benzene rings is 2. The number of hydrogen-bond donors (Lipinski definition) is 1. The number of imidazole rings is 1. The average molecular weight is 438 g/mol. The molecule has 0 saturated carbocycles. The van der Waals surface area contributed by atoms with Crippen LogP contribution in [0, 0.1) is 5.82 Å². The van der Waals surface area contributed by atoms with E-state index in [1.165, 1.54) is 13.0 Å². The summed E-state index contributed by atoms with van der Waals surface area (Å²) in [6, 6.07) is 10.0. The molecule has 1 heterocycles. The SMILES string of the molecule is CC(=O)NC(C)Cn1c(-c2ccc(F)c(Cl)c2)nc2cc(OCCCCl)ccc21. The van der Waals surface area contributed by atoms with Crippen LogP contribution in [0.3, 0.4) is 0 Å². The van der Waals surface area contributed by atoms with E-state index in [9.17, 15) is 9.18 Å². The number of hydrogen-bond acceptors (Lipinski definition) is 3. The largest absolute Gasteiger partial charge is 0.493 e. The van der Waals surface area contributed by atoms with Gasteiger partial charge in [0.15, 0.2) is 0 Å². The third kappa shape index (κ3) is 5.19. The highest BCUT2D eigenvalue weighted by atomic mass is 35.5. The van der Waals surface area contributed by atoms with Gasteiger partial charge in [-0.05, 0) is 43.7 Å². The zero-order valence-electron chi connectivity index (χ0n) is 16.2. The molecular formula is C21H22Cl2FN3O2. The van der Waals surface area contributed by atoms with Crippen LogP contribution >= 0.6 is 23.2 Å². The van der Waals surface area contributed by atoms with Crippen molar-refractivity contribution in [1.82, 2.24) is 14.9 Å². The van der Waals surface area contributed by atoms with Crippen molar-refractivity contribution in [2.24, 2.45) is 0 Å². The molecule has 1 aromatic heterocycles. The van der Waals surface area contributed by atoms with Crippen LogP contribution in [0.25, 0.3) is 22.4 Å². The van der Waals surface area contributed by atoms with Gasteiger partial charge >= 0.3 is 0 Å². The van der Waals surface area contributed by atoms with Gasteiger partial charge in [0.1, 0.15) is 17.4 Å². The van der Waals surface area contributed by atoms with E-state index < -0.39 is 5.82 Å². The van der Waals surface area contributed by atoms with E-state index in [1.807, 2.05) is 29.7 Å². The Balaban J connectivity index is 2.04. The molecule has 0 aliphatic carbocycles. The molecule has 1 amide bonds. The van der Waals surface area contributed by atoms with Crippen molar-refractivity contribution < 1.29 is 13.9 Å². The van der Waals surface area contributed by atoms with Crippen molar-refractivity contribution >= 4 is 40.1 Å². The van der Waals surface area contributed by atoms with E-state index in [-0.39, 0.29) is 17.0 Å². The number of halogens is 3. The molecule has 0 spiro atoms. The van der Waals surface area contributed by atoms with Gasteiger partial charge < -0.3 is 14.6 Å². The summed E-state index contributed by atoms with van der Waals surface area (Å²) in [5.74, 6) is 1.28. The van der Waals surface area contributed by atoms with Crippen molar-refractivity contribution in [2.75, 3.05) is 12.5 Å². The lowest BCUT2D eigenvalue weighted by molar-refractivity contribution is -0.119. The molecule has 154 valence electrons. The number of amides is 1. The molecule has 0 bridgehead atoms. The van der Waals surface area contributed by atoms with Crippen molar-refractivity contribution in [2.45, 2.75) is 32.9 Å². The summed E-state index contributed by atoms with van der Waals surface area (Å²) >= 11 is 11.7. The quantitative estimate of drug-likeness (QED) is 0.397. The fourth-order valence-corrected chi connectivity index (χ4v) is 3.44. The maximum Gasteiger partial charge on any atom is 0.217 e. The standard InChI is InChI=1S/C21H22Cl2FN3O2/c1-13(25-14(2)28)12-27-20-7-5-16(29-9-3-8-22)11-19(20)26-21(27)15-4-6-18(24)17(23)10-15/h4-7,10-11,13H,3,8-9,12H2,1-2H3,(H,25,28). The number of alkyl halides is 1. The first kappa shape index (κ1) is 21.4. The predicted octanol–water partition coefficient (Wildman–Crippen LogP) is 5.03. The first-order valence-electron chi connectivity index (χ1n) is 9.30. The van der Waals surface area contributed by atoms with Crippen LogP contribution in [0.5, 0.6) is 5.75 Å². The molecule has 29 heavy (non-hydrogen) atoms. The Morgan fingerprint density at radius 1 is 1.31 bits per heavy atom. The number of nitrogens with one attached hydrogen (secondary N) is 1. The molecule has 0 fully saturated rings. The molecule has 1 atom stereocenters. The molecular weight excluding hydrogens is 416 g/mol. The molecule has 5 nitrogen and oxygen atoms in total. The zero-order chi connectivity index (χ0) is 21.0. The number of aromatic nitrogens is 2. The number of carbonyl (C=O) groups excluding carboxylic acids is 1. The Labute approximate surface area is 178 Å². The summed E-state index contributed by atoms with van der Waals surface area (Å²) < 4.78 is 21.3. The zero-order valence-corrected chi connectivity index (χ0v) is 17.7. The van der Waals surface area contributed by atoms with E-state index in [0.717, 1.165) is 17.5 Å². The fraction of sp³-hybridized carbons (Fsp3) is 0.333. The molecule has 0 aliphatic heterocycles. The lowest BCUT2D eigenvalue weighted by atomic mass is 10.2. The van der Waals surface area contributed by atoms with Gasteiger partial charge in [-0.2, -0.15) is 0 Å². The van der Waals surface area contributed by atoms with Crippen LogP contribution in [0.1, 0.15) is 20.3 Å². The van der Waals surface area contributed by atoms with E-state index in [4.69, 9.17) is 32.9 Å². The molecule has 3 rings (SSSR count). The Bertz CT molecular complexity index is 1020. The summed E-state index contributed by atoms with van der Waals surface area (Å²) in [4.78, 5) is 16.2. The van der Waals surface area contributed by atoms with Crippen molar-refractivity contribution in [3.8, 4) is 17.1 Å². The average Bonchev–Trinajstić information content (AvgIpc) is 3.01. The highest BCUT2D eigenvalue weighted by Crippen LogP contribution is 2.30. The van der Waals surface area contributed by atoms with Crippen LogP contribution in [-0.2, 0) is 11.3 Å². The van der Waals surface area contributed by atoms with E-state index >= 15 is 0 Å². The summed E-state index contributed by atoms with van der Waals surface area (Å²) in [6.07, 6.45) is 0.752. The second kappa shape index (κ2) is 9.46. The van der Waals surface area contributed by atoms with Crippen LogP contribution < -0.4 is 10.1 Å². The van der Waals surface area contributed by atoms with Crippen LogP contribution in [-0.4, -0.2) is 34.0 Å². The van der Waals surface area contributed by atoms with Crippen LogP contribution in [0.2, 0.25) is 5.02 Å². The molecule has 1 N–H and O–H groups in total. The first-order valence-corrected chi connectivity index (χ1v) is 10.2. The molecule has 8 heteroatoms. The summed E-state index contributed by atoms with van der Waals surface area (Å²) in [5.41, 5.74) is 2.30. The molecule has 2 aromatic carbocycles. The maximum absolute atomic E-state index is 13.6. The molecule has 0 radical (unpaired) electrons. The number of rotatable bonds is 8. The van der Waals surface area contributed by atoms with Gasteiger partial charge in [-0.25, -0.2) is 9.37 Å². The van der Waals surface area contributed by atoms with Crippen LogP contribution in [0.4, 0.5) is 4.39 Å². The first-order chi connectivity index (χ1) is 13.9. The van der Waals surface area contributed by atoms with Gasteiger partial charge in [0.25, 0.3) is 0 Å². The van der Waals surface area contributed by atoms with Crippen molar-refractivity contribution in [1.29, 1.82) is 0 Å². The lowest BCUT2D eigenvalue weighted by Gasteiger charge is -2.16. The maximum atomic E-state index is 13.6. The lowest BCUT2D eigenvalue weighted by Crippen LogP contribution is -2.34. The van der Waals surface area contributed by atoms with Gasteiger partial charge in [0.05, 0.1) is 22.7 Å². The number of ether oxygens (including phenoxy) is 1. The third-order valence-electron chi connectivity index (χ3n) is 4.35. The number of fused-ring (bicyclic) bond motifs is 1. The third-order valence-corrected chi connectivity index (χ3v) is 4.91. The van der Waals surface area contributed by atoms with Crippen molar-refractivity contribution in [3.05, 3.63) is 47.2 Å². The highest BCUT2D eigenvalue weighted by Gasteiger charge is 2.17. The summed E-state index contributed by atoms with van der Waals surface area (Å²) in [5, 5.41) is 2.91. The molecule has 1 unspecified atom stereocenters. The minimum atomic E-state index is -0.486. The van der Waals surface area contributed by atoms with Gasteiger partial charge in [-0.15, -0.1) is 11.6 Å². The normalized spacial score (nSPS) is 12.2. The van der Waals surface area contributed by atoms with Crippen molar-refractivity contribution in [3.63, 3.8) is 0 Å². The molecule has 0 saturated heterocycles. The Morgan fingerprint density at radius 3 is 2.79 bits per heavy atom. The summed E-state index contributed by atoms with van der Waals surface area (Å²) in [7, 11) is 0. The second-order valence-corrected chi connectivity index (χ2v) is 7.60. The Hall–Kier alpha value is -2.31. The fourth-order valence-electron chi connectivity index (χ4n) is 3.15. The predicted molar refractivity (Wildman–Crippen MR) is 114 cm³/mol. The van der Waals surface area contributed by atoms with Gasteiger partial charge in [0, 0.05) is 37.0 Å². The molecule has 3 aromatic rings. The Kier molecular flexibility index (Phi) is 6.98. The topological polar surface area (TPSA) is 56.2 Å². The van der Waals surface area contributed by atoms with E-state index in [1.54, 1.807) is 12.1 Å². The van der Waals surface area contributed by atoms with E-state index in [2.05, 4.69) is 5.32 Å². The number of nitrogens with zero attached hydrogens (tertiary/aromatic N) is 2. The minimum absolute atomic E-state index is 0.0288. The van der Waals surface area contributed by atoms with Gasteiger partial charge in [-0.1, -0.05) is 11.6 Å². The van der Waals surface area contributed by atoms with Gasteiger partial charge in [-0.3, -0.25) is 4.79 Å². The van der Waals surface area contributed by atoms with E-state index in [0.29, 0.717) is 36.2 Å². The highest BCUT2D eigenvalue weighted by molar-refractivity contribution is 6.31. The summed E-state index contributed by atoms with van der Waals surface area (Å²) in [6.45, 7) is 4.41. The smallest absolute Gasteiger partial charge is 0.217 e.